The number of rotatable bonds is 6. The zero-order valence-electron chi connectivity index (χ0n) is 12.1. The fourth-order valence-corrected chi connectivity index (χ4v) is 3.23. The molecule has 2 rings (SSSR count). The van der Waals surface area contributed by atoms with Crippen molar-refractivity contribution >= 4 is 33.0 Å². The first kappa shape index (κ1) is 15.5. The van der Waals surface area contributed by atoms with Gasteiger partial charge in [0.15, 0.2) is 0 Å². The van der Waals surface area contributed by atoms with E-state index in [9.17, 15) is 0 Å². The summed E-state index contributed by atoms with van der Waals surface area (Å²) in [5, 5.41) is 5.64. The van der Waals surface area contributed by atoms with E-state index < -0.39 is 0 Å². The van der Waals surface area contributed by atoms with Crippen LogP contribution >= 0.6 is 27.3 Å². The van der Waals surface area contributed by atoms with Crippen LogP contribution in [0.4, 0.5) is 5.69 Å². The number of nitrogens with one attached hydrogen (secondary N) is 1. The molecule has 0 saturated heterocycles. The number of halogens is 1. The van der Waals surface area contributed by atoms with Gasteiger partial charge in [-0.2, -0.15) is 0 Å². The van der Waals surface area contributed by atoms with E-state index in [4.69, 9.17) is 0 Å². The van der Waals surface area contributed by atoms with Crippen molar-refractivity contribution in [2.75, 3.05) is 11.9 Å². The summed E-state index contributed by atoms with van der Waals surface area (Å²) in [6, 6.07) is 4.73. The monoisotopic (exact) mass is 353 g/mol. The lowest BCUT2D eigenvalue weighted by Crippen LogP contribution is -2.24. The van der Waals surface area contributed by atoms with Crippen molar-refractivity contribution in [1.29, 1.82) is 0 Å². The van der Waals surface area contributed by atoms with Crippen LogP contribution in [0.1, 0.15) is 25.0 Å². The van der Waals surface area contributed by atoms with Crippen LogP contribution in [0.5, 0.6) is 0 Å². The molecular weight excluding hydrogens is 334 g/mol. The van der Waals surface area contributed by atoms with Crippen LogP contribution < -0.4 is 10.2 Å². The number of nitrogens with zero attached hydrogens (tertiary/aromatic N) is 2. The third-order valence-corrected chi connectivity index (χ3v) is 4.58. The second kappa shape index (κ2) is 7.20. The van der Waals surface area contributed by atoms with Gasteiger partial charge in [-0.1, -0.05) is 13.8 Å². The minimum atomic E-state index is 0.473. The van der Waals surface area contributed by atoms with Gasteiger partial charge in [0, 0.05) is 49.8 Å². The molecule has 0 aliphatic rings. The van der Waals surface area contributed by atoms with Gasteiger partial charge < -0.3 is 10.2 Å². The van der Waals surface area contributed by atoms with Gasteiger partial charge in [-0.3, -0.25) is 4.98 Å². The summed E-state index contributed by atoms with van der Waals surface area (Å²) in [5.74, 6) is 0. The van der Waals surface area contributed by atoms with Crippen molar-refractivity contribution in [3.05, 3.63) is 44.8 Å². The Morgan fingerprint density at radius 1 is 1.45 bits per heavy atom. The van der Waals surface area contributed by atoms with E-state index in [2.05, 4.69) is 69.5 Å². The van der Waals surface area contributed by atoms with Gasteiger partial charge in [-0.25, -0.2) is 0 Å². The molecule has 0 fully saturated rings. The highest BCUT2D eigenvalue weighted by Gasteiger charge is 2.09. The van der Waals surface area contributed by atoms with Crippen molar-refractivity contribution in [2.24, 2.45) is 0 Å². The molecule has 20 heavy (non-hydrogen) atoms. The van der Waals surface area contributed by atoms with Crippen molar-refractivity contribution in [2.45, 2.75) is 33.0 Å². The lowest BCUT2D eigenvalue weighted by molar-refractivity contribution is 0.587. The van der Waals surface area contributed by atoms with E-state index in [-0.39, 0.29) is 0 Å². The van der Waals surface area contributed by atoms with E-state index in [0.717, 1.165) is 13.1 Å². The normalized spacial score (nSPS) is 11.1. The van der Waals surface area contributed by atoms with E-state index >= 15 is 0 Å². The Labute approximate surface area is 133 Å². The van der Waals surface area contributed by atoms with Gasteiger partial charge in [-0.15, -0.1) is 11.3 Å². The largest absolute Gasteiger partial charge is 0.370 e. The van der Waals surface area contributed by atoms with Crippen molar-refractivity contribution in [3.63, 3.8) is 0 Å². The van der Waals surface area contributed by atoms with Gasteiger partial charge in [0.05, 0.1) is 3.79 Å². The molecule has 0 aliphatic carbocycles. The molecular formula is C15H20BrN3S. The van der Waals surface area contributed by atoms with E-state index in [1.54, 1.807) is 11.3 Å². The molecule has 2 aromatic rings. The second-order valence-corrected chi connectivity index (χ2v) is 7.45. The predicted molar refractivity (Wildman–Crippen MR) is 90.3 cm³/mol. The zero-order valence-corrected chi connectivity index (χ0v) is 14.5. The fourth-order valence-electron chi connectivity index (χ4n) is 2.03. The molecule has 0 aliphatic heterocycles. The summed E-state index contributed by atoms with van der Waals surface area (Å²) < 4.78 is 1.18. The molecule has 0 spiro atoms. The first-order chi connectivity index (χ1) is 9.56. The summed E-state index contributed by atoms with van der Waals surface area (Å²) in [5.41, 5.74) is 3.79. The molecule has 5 heteroatoms. The Morgan fingerprint density at radius 3 is 2.90 bits per heavy atom. The second-order valence-electron chi connectivity index (χ2n) is 5.16. The molecule has 3 nitrogen and oxygen atoms in total. The molecule has 0 atom stereocenters. The van der Waals surface area contributed by atoms with Crippen molar-refractivity contribution in [3.8, 4) is 0 Å². The number of hydrogen-bond acceptors (Lipinski definition) is 4. The maximum atomic E-state index is 4.24. The third kappa shape index (κ3) is 4.30. The first-order valence-electron chi connectivity index (χ1n) is 6.66. The van der Waals surface area contributed by atoms with Crippen molar-refractivity contribution in [1.82, 2.24) is 10.3 Å². The Hall–Kier alpha value is -0.910. The Bertz CT molecular complexity index is 554. The summed E-state index contributed by atoms with van der Waals surface area (Å²) >= 11 is 5.24. The highest BCUT2D eigenvalue weighted by molar-refractivity contribution is 9.11. The van der Waals surface area contributed by atoms with Crippen LogP contribution in [0.2, 0.25) is 0 Å². The highest BCUT2D eigenvalue weighted by atomic mass is 79.9. The van der Waals surface area contributed by atoms with Crippen LogP contribution in [0, 0.1) is 0 Å². The average Bonchev–Trinajstić information content (AvgIpc) is 2.82. The van der Waals surface area contributed by atoms with Crippen molar-refractivity contribution < 1.29 is 0 Å². The average molecular weight is 354 g/mol. The van der Waals surface area contributed by atoms with Gasteiger partial charge in [0.1, 0.15) is 0 Å². The summed E-state index contributed by atoms with van der Waals surface area (Å²) in [7, 11) is 2.12. The number of aromatic nitrogens is 1. The molecule has 0 bridgehead atoms. The number of hydrogen-bond donors (Lipinski definition) is 1. The molecule has 0 unspecified atom stereocenters. The van der Waals surface area contributed by atoms with Gasteiger partial charge in [0.25, 0.3) is 0 Å². The van der Waals surface area contributed by atoms with Crippen LogP contribution in [-0.4, -0.2) is 18.1 Å². The molecule has 0 radical (unpaired) electrons. The number of pyridine rings is 1. The minimum absolute atomic E-state index is 0.473. The highest BCUT2D eigenvalue weighted by Crippen LogP contribution is 2.24. The topological polar surface area (TPSA) is 28.2 Å². The third-order valence-electron chi connectivity index (χ3n) is 3.03. The Kier molecular flexibility index (Phi) is 5.57. The van der Waals surface area contributed by atoms with Gasteiger partial charge in [-0.05, 0) is 39.0 Å². The molecule has 1 N–H and O–H groups in total. The summed E-state index contributed by atoms with van der Waals surface area (Å²) in [4.78, 5) is 6.52. The van der Waals surface area contributed by atoms with E-state index in [1.807, 2.05) is 12.4 Å². The summed E-state index contributed by atoms with van der Waals surface area (Å²) in [6.07, 6.45) is 3.80. The molecule has 2 heterocycles. The maximum Gasteiger partial charge on any atom is 0.0701 e. The molecule has 0 saturated carbocycles. The fraction of sp³-hybridized carbons (Fsp3) is 0.400. The number of thiophene rings is 1. The van der Waals surface area contributed by atoms with E-state index in [0.29, 0.717) is 6.04 Å². The SMILES string of the molecule is CC(C)NCc1cnccc1N(C)Cc1csc(Br)c1. The van der Waals surface area contributed by atoms with Crippen LogP contribution in [-0.2, 0) is 13.1 Å². The molecule has 108 valence electrons. The molecule has 0 aromatic carbocycles. The summed E-state index contributed by atoms with van der Waals surface area (Å²) in [6.45, 7) is 6.06. The first-order valence-corrected chi connectivity index (χ1v) is 8.34. The van der Waals surface area contributed by atoms with Crippen LogP contribution in [0.25, 0.3) is 0 Å². The zero-order chi connectivity index (χ0) is 14.5. The number of anilines is 1. The molecule has 2 aromatic heterocycles. The van der Waals surface area contributed by atoms with Crippen LogP contribution in [0.3, 0.4) is 0 Å². The molecule has 0 amide bonds. The van der Waals surface area contributed by atoms with Gasteiger partial charge >= 0.3 is 0 Å². The lowest BCUT2D eigenvalue weighted by Gasteiger charge is -2.22. The predicted octanol–water partition coefficient (Wildman–Crippen LogP) is 4.04. The standard InChI is InChI=1S/C15H20BrN3S/c1-11(2)18-8-13-7-17-5-4-14(13)19(3)9-12-6-15(16)20-10-12/h4-7,10-11,18H,8-9H2,1-3H3. The van der Waals surface area contributed by atoms with E-state index in [1.165, 1.54) is 20.6 Å². The quantitative estimate of drug-likeness (QED) is 0.849. The van der Waals surface area contributed by atoms with Gasteiger partial charge in [0.2, 0.25) is 0 Å². The smallest absolute Gasteiger partial charge is 0.0701 e. The van der Waals surface area contributed by atoms with Crippen LogP contribution in [0.15, 0.2) is 33.7 Å². The lowest BCUT2D eigenvalue weighted by atomic mass is 10.2. The minimum Gasteiger partial charge on any atom is -0.370 e. The maximum absolute atomic E-state index is 4.24. The Morgan fingerprint density at radius 2 is 2.25 bits per heavy atom. The Balaban J connectivity index is 2.10.